The van der Waals surface area contributed by atoms with Crippen LogP contribution in [0.25, 0.3) is 11.3 Å². The first-order valence-electron chi connectivity index (χ1n) is 9.62. The fourth-order valence-electron chi connectivity index (χ4n) is 5.33. The van der Waals surface area contributed by atoms with Gasteiger partial charge in [0.1, 0.15) is 11.8 Å². The molecule has 0 aliphatic heterocycles. The van der Waals surface area contributed by atoms with Gasteiger partial charge in [0.15, 0.2) is 5.78 Å². The second kappa shape index (κ2) is 6.07. The SMILES string of the molecule is COc1ccc(-c2c3c(nn2C)C2(C)C=C(C#N)C(=O)C(C)(C)C2CC3)cc1. The molecule has 0 amide bonds. The molecule has 0 saturated carbocycles. The van der Waals surface area contributed by atoms with E-state index in [-0.39, 0.29) is 17.3 Å². The van der Waals surface area contributed by atoms with Crippen molar-refractivity contribution in [1.82, 2.24) is 9.78 Å². The maximum absolute atomic E-state index is 12.8. The Morgan fingerprint density at radius 1 is 1.25 bits per heavy atom. The van der Waals surface area contributed by atoms with Crippen molar-refractivity contribution in [3.05, 3.63) is 47.2 Å². The molecule has 2 aromatic rings. The maximum atomic E-state index is 12.8. The summed E-state index contributed by atoms with van der Waals surface area (Å²) < 4.78 is 7.21. The highest BCUT2D eigenvalue weighted by Crippen LogP contribution is 2.55. The van der Waals surface area contributed by atoms with Crippen LogP contribution in [0.15, 0.2) is 35.9 Å². The highest BCUT2D eigenvalue weighted by molar-refractivity contribution is 6.04. The van der Waals surface area contributed by atoms with Crippen LogP contribution in [0, 0.1) is 22.7 Å². The Morgan fingerprint density at radius 2 is 1.93 bits per heavy atom. The number of methoxy groups -OCH3 is 1. The topological polar surface area (TPSA) is 67.9 Å². The quantitative estimate of drug-likeness (QED) is 0.796. The van der Waals surface area contributed by atoms with Gasteiger partial charge in [-0.3, -0.25) is 9.48 Å². The number of hydrogen-bond donors (Lipinski definition) is 0. The van der Waals surface area contributed by atoms with Gasteiger partial charge in [0, 0.05) is 29.0 Å². The number of carbonyl (C=O) groups is 1. The number of fused-ring (bicyclic) bond motifs is 3. The van der Waals surface area contributed by atoms with E-state index in [4.69, 9.17) is 9.84 Å². The fourth-order valence-corrected chi connectivity index (χ4v) is 5.33. The summed E-state index contributed by atoms with van der Waals surface area (Å²) in [5.41, 5.74) is 3.64. The van der Waals surface area contributed by atoms with Crippen LogP contribution in [0.4, 0.5) is 0 Å². The van der Waals surface area contributed by atoms with E-state index >= 15 is 0 Å². The summed E-state index contributed by atoms with van der Waals surface area (Å²) in [4.78, 5) is 12.8. The molecular weight excluding hydrogens is 350 g/mol. The molecule has 0 bridgehead atoms. The summed E-state index contributed by atoms with van der Waals surface area (Å²) in [5, 5.41) is 14.5. The zero-order valence-corrected chi connectivity index (χ0v) is 17.0. The van der Waals surface area contributed by atoms with Crippen LogP contribution in [0.3, 0.4) is 0 Å². The summed E-state index contributed by atoms with van der Waals surface area (Å²) in [7, 11) is 3.62. The summed E-state index contributed by atoms with van der Waals surface area (Å²) in [6, 6.07) is 10.1. The van der Waals surface area contributed by atoms with Gasteiger partial charge >= 0.3 is 0 Å². The number of ether oxygens (including phenoxy) is 1. The molecule has 0 radical (unpaired) electrons. The predicted octanol–water partition coefficient (Wildman–Crippen LogP) is 3.97. The summed E-state index contributed by atoms with van der Waals surface area (Å²) in [5.74, 6) is 0.893. The van der Waals surface area contributed by atoms with Crippen LogP contribution in [0.2, 0.25) is 0 Å². The van der Waals surface area contributed by atoms with Gasteiger partial charge in [-0.2, -0.15) is 10.4 Å². The van der Waals surface area contributed by atoms with Crippen LogP contribution in [-0.4, -0.2) is 22.7 Å². The van der Waals surface area contributed by atoms with Gasteiger partial charge in [-0.05, 0) is 43.0 Å². The van der Waals surface area contributed by atoms with E-state index in [0.29, 0.717) is 0 Å². The van der Waals surface area contributed by atoms with E-state index in [9.17, 15) is 10.1 Å². The number of aryl methyl sites for hydroxylation is 1. The monoisotopic (exact) mass is 375 g/mol. The molecule has 2 unspecified atom stereocenters. The largest absolute Gasteiger partial charge is 0.497 e. The van der Waals surface area contributed by atoms with Gasteiger partial charge in [0.2, 0.25) is 0 Å². The van der Waals surface area contributed by atoms with Gasteiger partial charge < -0.3 is 4.74 Å². The first kappa shape index (κ1) is 18.5. The lowest BCUT2D eigenvalue weighted by atomic mass is 9.52. The number of nitriles is 1. The van der Waals surface area contributed by atoms with Crippen molar-refractivity contribution in [2.75, 3.05) is 7.11 Å². The third-order valence-electron chi connectivity index (χ3n) is 6.69. The van der Waals surface area contributed by atoms with E-state index in [2.05, 4.69) is 25.1 Å². The Bertz CT molecular complexity index is 1040. The molecule has 0 spiro atoms. The lowest BCUT2D eigenvalue weighted by Crippen LogP contribution is -2.51. The number of ketones is 1. The second-order valence-electron chi connectivity index (χ2n) is 8.62. The Balaban J connectivity index is 1.91. The molecule has 5 heteroatoms. The van der Waals surface area contributed by atoms with Crippen molar-refractivity contribution in [2.24, 2.45) is 18.4 Å². The first-order chi connectivity index (χ1) is 13.2. The molecule has 1 heterocycles. The van der Waals surface area contributed by atoms with Crippen LogP contribution in [-0.2, 0) is 23.7 Å². The lowest BCUT2D eigenvalue weighted by Gasteiger charge is -2.49. The van der Waals surface area contributed by atoms with E-state index in [1.54, 1.807) is 7.11 Å². The number of nitrogens with zero attached hydrogens (tertiary/aromatic N) is 3. The summed E-state index contributed by atoms with van der Waals surface area (Å²) >= 11 is 0. The Labute approximate surface area is 165 Å². The Hall–Kier alpha value is -2.87. The third kappa shape index (κ3) is 2.37. The smallest absolute Gasteiger partial charge is 0.178 e. The molecule has 144 valence electrons. The summed E-state index contributed by atoms with van der Waals surface area (Å²) in [6.45, 7) is 6.08. The molecule has 1 aromatic heterocycles. The van der Waals surface area contributed by atoms with Crippen LogP contribution >= 0.6 is 0 Å². The van der Waals surface area contributed by atoms with Crippen molar-refractivity contribution < 1.29 is 9.53 Å². The lowest BCUT2D eigenvalue weighted by molar-refractivity contribution is -0.128. The standard InChI is InChI=1S/C23H25N3O2/c1-22(2)18-11-10-17-19(14-6-8-16(28-5)9-7-14)26(4)25-20(17)23(18,3)12-15(13-24)21(22)27/h6-9,12,18H,10-11H2,1-5H3. The van der Waals surface area contributed by atoms with Gasteiger partial charge in [-0.1, -0.05) is 26.8 Å². The Morgan fingerprint density at radius 3 is 2.54 bits per heavy atom. The number of carbonyl (C=O) groups excluding carboxylic acids is 1. The number of hydrogen-bond acceptors (Lipinski definition) is 4. The minimum absolute atomic E-state index is 0.0489. The van der Waals surface area contributed by atoms with Gasteiger partial charge in [0.25, 0.3) is 0 Å². The molecule has 5 nitrogen and oxygen atoms in total. The van der Waals surface area contributed by atoms with E-state index < -0.39 is 10.8 Å². The molecule has 2 aliphatic rings. The third-order valence-corrected chi connectivity index (χ3v) is 6.69. The van der Waals surface area contributed by atoms with Gasteiger partial charge in [0.05, 0.1) is 24.1 Å². The summed E-state index contributed by atoms with van der Waals surface area (Å²) in [6.07, 6.45) is 3.64. The molecule has 0 fully saturated rings. The van der Waals surface area contributed by atoms with Crippen molar-refractivity contribution in [3.8, 4) is 23.1 Å². The first-order valence-corrected chi connectivity index (χ1v) is 9.62. The number of allylic oxidation sites excluding steroid dienone is 2. The van der Waals surface area contributed by atoms with E-state index in [0.717, 1.165) is 35.5 Å². The highest BCUT2D eigenvalue weighted by atomic mass is 16.5. The average molecular weight is 375 g/mol. The average Bonchev–Trinajstić information content (AvgIpc) is 3.02. The van der Waals surface area contributed by atoms with Crippen LogP contribution in [0.5, 0.6) is 5.75 Å². The highest BCUT2D eigenvalue weighted by Gasteiger charge is 2.55. The molecule has 1 aromatic carbocycles. The van der Waals surface area contributed by atoms with E-state index in [1.165, 1.54) is 5.56 Å². The van der Waals surface area contributed by atoms with Gasteiger partial charge in [-0.15, -0.1) is 0 Å². The maximum Gasteiger partial charge on any atom is 0.178 e. The molecule has 0 N–H and O–H groups in total. The molecule has 2 atom stereocenters. The minimum atomic E-state index is -0.579. The van der Waals surface area contributed by atoms with Gasteiger partial charge in [-0.25, -0.2) is 0 Å². The fraction of sp³-hybridized carbons (Fsp3) is 0.435. The molecule has 28 heavy (non-hydrogen) atoms. The number of aromatic nitrogens is 2. The van der Waals surface area contributed by atoms with Crippen molar-refractivity contribution in [1.29, 1.82) is 5.26 Å². The zero-order chi connectivity index (χ0) is 20.3. The molecule has 4 rings (SSSR count). The normalized spacial score (nSPS) is 25.4. The van der Waals surface area contributed by atoms with Crippen LogP contribution in [0.1, 0.15) is 38.4 Å². The minimum Gasteiger partial charge on any atom is -0.497 e. The molecule has 2 aliphatic carbocycles. The van der Waals surface area contributed by atoms with E-state index in [1.807, 2.05) is 43.8 Å². The van der Waals surface area contributed by atoms with Crippen molar-refractivity contribution >= 4 is 5.78 Å². The molecular formula is C23H25N3O2. The molecule has 0 saturated heterocycles. The zero-order valence-electron chi connectivity index (χ0n) is 17.0. The number of Topliss-reactive ketones (excluding diaryl/α,β-unsaturated/α-hetero) is 1. The Kier molecular flexibility index (Phi) is 4.01. The number of rotatable bonds is 2. The second-order valence-corrected chi connectivity index (χ2v) is 8.62. The number of benzene rings is 1. The van der Waals surface area contributed by atoms with Crippen molar-refractivity contribution in [3.63, 3.8) is 0 Å². The van der Waals surface area contributed by atoms with Crippen molar-refractivity contribution in [2.45, 2.75) is 39.0 Å². The predicted molar refractivity (Wildman–Crippen MR) is 107 cm³/mol. The van der Waals surface area contributed by atoms with Crippen LogP contribution < -0.4 is 4.74 Å².